The van der Waals surface area contributed by atoms with Crippen LogP contribution < -0.4 is 4.74 Å². The van der Waals surface area contributed by atoms with Crippen LogP contribution in [0.25, 0.3) is 0 Å². The number of carbonyl (C=O) groups excluding carboxylic acids is 1. The largest absolute Gasteiger partial charge is 0.507 e. The van der Waals surface area contributed by atoms with Gasteiger partial charge in [-0.1, -0.05) is 61.3 Å². The van der Waals surface area contributed by atoms with Crippen molar-refractivity contribution < 1.29 is 19.5 Å². The van der Waals surface area contributed by atoms with Gasteiger partial charge in [-0.15, -0.1) is 0 Å². The number of hydrogen-bond donors (Lipinski definition) is 1. The first-order valence-electron chi connectivity index (χ1n) is 11.1. The molecule has 0 saturated heterocycles. The van der Waals surface area contributed by atoms with Gasteiger partial charge in [0.05, 0.1) is 18.3 Å². The second kappa shape index (κ2) is 11.5. The Morgan fingerprint density at radius 1 is 1.33 bits per heavy atom. The standard InChI is InChI=1S/C26H35ClN2O4/c1-16(12-13-26(5)17(2)9-11-22(19(26)4)28-15-30)8-10-20-24(31)21(14-29-33-7)18(3)23(27)25(20)32-6/h8,12-15,17,19,31H,9-11H2,1-7H3/b13-12+,16-8+,28-22?,29-14+/t17-,19+,26+/m1/s1. The number of hydrogen-bond acceptors (Lipinski definition) is 5. The number of oxime groups is 1. The van der Waals surface area contributed by atoms with E-state index in [0.717, 1.165) is 24.1 Å². The van der Waals surface area contributed by atoms with Gasteiger partial charge >= 0.3 is 0 Å². The summed E-state index contributed by atoms with van der Waals surface area (Å²) >= 11 is 6.51. The van der Waals surface area contributed by atoms with Crippen molar-refractivity contribution in [2.24, 2.45) is 27.4 Å². The van der Waals surface area contributed by atoms with Crippen LogP contribution in [0.3, 0.4) is 0 Å². The molecule has 1 saturated carbocycles. The van der Waals surface area contributed by atoms with E-state index >= 15 is 0 Å². The monoisotopic (exact) mass is 474 g/mol. The van der Waals surface area contributed by atoms with E-state index in [4.69, 9.17) is 21.2 Å². The number of aliphatic imine (C=N–C) groups is 1. The summed E-state index contributed by atoms with van der Waals surface area (Å²) in [5.74, 6) is 1.16. The Bertz CT molecular complexity index is 997. The molecule has 1 N–H and O–H groups in total. The zero-order valence-corrected chi connectivity index (χ0v) is 21.4. The van der Waals surface area contributed by atoms with Crippen LogP contribution in [-0.4, -0.2) is 37.7 Å². The lowest BCUT2D eigenvalue weighted by Crippen LogP contribution is -2.40. The molecule has 1 aliphatic rings. The molecule has 2 rings (SSSR count). The third kappa shape index (κ3) is 5.67. The summed E-state index contributed by atoms with van der Waals surface area (Å²) in [5.41, 5.74) is 3.65. The highest BCUT2D eigenvalue weighted by Gasteiger charge is 2.40. The Balaban J connectivity index is 2.37. The Kier molecular flexibility index (Phi) is 9.29. The first-order chi connectivity index (χ1) is 15.6. The van der Waals surface area contributed by atoms with Crippen LogP contribution in [0.5, 0.6) is 11.5 Å². The highest BCUT2D eigenvalue weighted by molar-refractivity contribution is 6.33. The molecule has 1 amide bonds. The molecule has 0 aliphatic heterocycles. The van der Waals surface area contributed by atoms with Gasteiger partial charge in [-0.05, 0) is 50.0 Å². The van der Waals surface area contributed by atoms with Crippen molar-refractivity contribution >= 4 is 29.9 Å². The van der Waals surface area contributed by atoms with Crippen molar-refractivity contribution in [3.8, 4) is 11.5 Å². The molecule has 6 nitrogen and oxygen atoms in total. The highest BCUT2D eigenvalue weighted by Crippen LogP contribution is 2.45. The molecule has 0 aromatic heterocycles. The first kappa shape index (κ1) is 26.7. The molecule has 1 fully saturated rings. The number of carbonyl (C=O) groups is 1. The number of phenols is 1. The quantitative estimate of drug-likeness (QED) is 0.215. The number of aromatic hydroxyl groups is 1. The second-order valence-electron chi connectivity index (χ2n) is 8.87. The van der Waals surface area contributed by atoms with E-state index in [0.29, 0.717) is 46.2 Å². The van der Waals surface area contributed by atoms with Gasteiger partial charge in [-0.3, -0.25) is 4.79 Å². The van der Waals surface area contributed by atoms with Crippen molar-refractivity contribution in [3.05, 3.63) is 45.5 Å². The van der Waals surface area contributed by atoms with Crippen molar-refractivity contribution in [1.82, 2.24) is 0 Å². The van der Waals surface area contributed by atoms with Crippen LogP contribution in [0.4, 0.5) is 0 Å². The maximum Gasteiger partial charge on any atom is 0.232 e. The molecular formula is C26H35ClN2O4. The van der Waals surface area contributed by atoms with Crippen molar-refractivity contribution in [3.63, 3.8) is 0 Å². The van der Waals surface area contributed by atoms with Gasteiger partial charge in [0.15, 0.2) is 0 Å². The second-order valence-corrected chi connectivity index (χ2v) is 9.25. The summed E-state index contributed by atoms with van der Waals surface area (Å²) in [4.78, 5) is 19.8. The number of phenolic OH excluding ortho intramolecular Hbond substituents is 1. The number of amides is 1. The van der Waals surface area contributed by atoms with Gasteiger partial charge in [-0.25, -0.2) is 4.99 Å². The lowest BCUT2D eigenvalue weighted by molar-refractivity contribution is -0.106. The number of benzene rings is 1. The van der Waals surface area contributed by atoms with Gasteiger partial charge < -0.3 is 14.7 Å². The van der Waals surface area contributed by atoms with E-state index in [1.165, 1.54) is 20.4 Å². The number of halogens is 1. The topological polar surface area (TPSA) is 80.5 Å². The predicted octanol–water partition coefficient (Wildman–Crippen LogP) is 6.06. The summed E-state index contributed by atoms with van der Waals surface area (Å²) < 4.78 is 5.51. The smallest absolute Gasteiger partial charge is 0.232 e. The summed E-state index contributed by atoms with van der Waals surface area (Å²) in [6.45, 7) is 10.4. The van der Waals surface area contributed by atoms with E-state index in [1.54, 1.807) is 6.92 Å². The molecule has 0 bridgehead atoms. The molecule has 180 valence electrons. The predicted molar refractivity (Wildman–Crippen MR) is 135 cm³/mol. The van der Waals surface area contributed by atoms with Crippen LogP contribution in [0.2, 0.25) is 5.02 Å². The fraction of sp³-hybridized carbons (Fsp3) is 0.500. The molecule has 3 atom stereocenters. The van der Waals surface area contributed by atoms with E-state index in [-0.39, 0.29) is 17.1 Å². The van der Waals surface area contributed by atoms with E-state index < -0.39 is 0 Å². The SMILES string of the molecule is CO/N=C/c1c(C)c(Cl)c(OC)c(C/C=C(C)/C=C/[C@@]2(C)[C@H](C)CCC(=NC=O)[C@@H]2C)c1O. The summed E-state index contributed by atoms with van der Waals surface area (Å²) in [7, 11) is 2.98. The molecule has 1 aromatic rings. The number of nitrogens with zero attached hydrogens (tertiary/aromatic N) is 2. The van der Waals surface area contributed by atoms with E-state index in [9.17, 15) is 9.90 Å². The zero-order chi connectivity index (χ0) is 24.8. The van der Waals surface area contributed by atoms with Crippen LogP contribution in [-0.2, 0) is 16.1 Å². The average Bonchev–Trinajstić information content (AvgIpc) is 2.79. The molecule has 1 aromatic carbocycles. The Morgan fingerprint density at radius 2 is 2.03 bits per heavy atom. The lowest BCUT2D eigenvalue weighted by Gasteiger charge is -2.43. The third-order valence-corrected chi connectivity index (χ3v) is 7.57. The van der Waals surface area contributed by atoms with Crippen LogP contribution in [0.1, 0.15) is 57.2 Å². The number of allylic oxidation sites excluding steroid dienone is 4. The van der Waals surface area contributed by atoms with Crippen molar-refractivity contribution in [2.75, 3.05) is 14.2 Å². The van der Waals surface area contributed by atoms with Gasteiger partial charge in [-0.2, -0.15) is 0 Å². The normalized spacial score (nSPS) is 25.2. The van der Waals surface area contributed by atoms with Crippen molar-refractivity contribution in [1.29, 1.82) is 0 Å². The number of ether oxygens (including phenoxy) is 1. The molecule has 0 heterocycles. The van der Waals surface area contributed by atoms with Gasteiger partial charge in [0.2, 0.25) is 6.41 Å². The molecule has 1 aliphatic carbocycles. The molecule has 33 heavy (non-hydrogen) atoms. The average molecular weight is 475 g/mol. The molecule has 0 unspecified atom stereocenters. The minimum atomic E-state index is -0.105. The van der Waals surface area contributed by atoms with E-state index in [2.05, 4.69) is 43.1 Å². The lowest BCUT2D eigenvalue weighted by atomic mass is 9.61. The zero-order valence-electron chi connectivity index (χ0n) is 20.6. The van der Waals surface area contributed by atoms with E-state index in [1.807, 2.05) is 13.0 Å². The number of rotatable bonds is 8. The number of methoxy groups -OCH3 is 1. The minimum Gasteiger partial charge on any atom is -0.507 e. The Labute approximate surface area is 202 Å². The molecular weight excluding hydrogens is 440 g/mol. The molecule has 0 spiro atoms. The van der Waals surface area contributed by atoms with Crippen LogP contribution in [0, 0.1) is 24.2 Å². The van der Waals surface area contributed by atoms with Gasteiger partial charge in [0, 0.05) is 22.8 Å². The third-order valence-electron chi connectivity index (χ3n) is 7.12. The fourth-order valence-electron chi connectivity index (χ4n) is 4.41. The first-order valence-corrected chi connectivity index (χ1v) is 11.5. The van der Waals surface area contributed by atoms with Crippen molar-refractivity contribution in [2.45, 2.75) is 53.9 Å². The highest BCUT2D eigenvalue weighted by atomic mass is 35.5. The molecule has 7 heteroatoms. The summed E-state index contributed by atoms with van der Waals surface area (Å²) in [5, 5.41) is 15.1. The maximum absolute atomic E-state index is 10.9. The maximum atomic E-state index is 10.9. The minimum absolute atomic E-state index is 0.0683. The van der Waals surface area contributed by atoms with Gasteiger partial charge in [0.1, 0.15) is 18.6 Å². The van der Waals surface area contributed by atoms with Gasteiger partial charge in [0.25, 0.3) is 0 Å². The Morgan fingerprint density at radius 3 is 2.64 bits per heavy atom. The fourth-order valence-corrected chi connectivity index (χ4v) is 4.70. The molecule has 0 radical (unpaired) electrons. The Hall–Kier alpha value is -2.60. The summed E-state index contributed by atoms with van der Waals surface area (Å²) in [6.07, 6.45) is 10.7. The summed E-state index contributed by atoms with van der Waals surface area (Å²) in [6, 6.07) is 0. The van der Waals surface area contributed by atoms with Crippen LogP contribution >= 0.6 is 11.6 Å². The van der Waals surface area contributed by atoms with Crippen LogP contribution in [0.15, 0.2) is 33.9 Å².